The Labute approximate surface area is 156 Å². The molecule has 1 aliphatic carbocycles. The number of aromatic hydroxyl groups is 2. The Morgan fingerprint density at radius 3 is 2.75 bits per heavy atom. The second-order valence-electron chi connectivity index (χ2n) is 6.50. The maximum Gasteiger partial charge on any atom is 0.165 e. The summed E-state index contributed by atoms with van der Waals surface area (Å²) in [4.78, 5) is 2.56. The highest BCUT2D eigenvalue weighted by Gasteiger charge is 2.35. The lowest BCUT2D eigenvalue weighted by molar-refractivity contribution is 0.183. The van der Waals surface area contributed by atoms with E-state index in [0.717, 1.165) is 53.5 Å². The number of rotatable bonds is 2. The third kappa shape index (κ3) is 2.61. The number of nitrogens with zero attached hydrogens (tertiary/aromatic N) is 1. The van der Waals surface area contributed by atoms with E-state index in [9.17, 15) is 10.2 Å². The summed E-state index contributed by atoms with van der Waals surface area (Å²) in [5.74, 6) is -0.0361. The van der Waals surface area contributed by atoms with E-state index in [1.54, 1.807) is 6.07 Å². The molecule has 0 radical (unpaired) electrons. The second-order valence-corrected chi connectivity index (χ2v) is 7.42. The number of fused-ring (bicyclic) bond motifs is 2. The van der Waals surface area contributed by atoms with Crippen LogP contribution in [0.25, 0.3) is 11.1 Å². The summed E-state index contributed by atoms with van der Waals surface area (Å²) >= 11 is 3.61. The zero-order valence-electron chi connectivity index (χ0n) is 13.6. The van der Waals surface area contributed by atoms with Crippen LogP contribution >= 0.6 is 28.3 Å². The van der Waals surface area contributed by atoms with Gasteiger partial charge >= 0.3 is 0 Å². The van der Waals surface area contributed by atoms with E-state index in [-0.39, 0.29) is 23.9 Å². The highest BCUT2D eigenvalue weighted by atomic mass is 79.9. The predicted molar refractivity (Wildman–Crippen MR) is 102 cm³/mol. The lowest BCUT2D eigenvalue weighted by atomic mass is 9.76. The summed E-state index contributed by atoms with van der Waals surface area (Å²) in [6.07, 6.45) is 3.07. The SMILES string of the molecule is CCCN1CCc2cc(Br)cc3c2[C@H]1Cc1ccc(O)c(O)c1-3.Cl. The van der Waals surface area contributed by atoms with Crippen LogP contribution in [0.5, 0.6) is 11.5 Å². The maximum atomic E-state index is 10.4. The lowest BCUT2D eigenvalue weighted by Crippen LogP contribution is -2.38. The van der Waals surface area contributed by atoms with Gasteiger partial charge in [-0.2, -0.15) is 0 Å². The fourth-order valence-corrected chi connectivity index (χ4v) is 4.68. The van der Waals surface area contributed by atoms with Crippen molar-refractivity contribution >= 4 is 28.3 Å². The Balaban J connectivity index is 0.00000169. The van der Waals surface area contributed by atoms with Crippen molar-refractivity contribution < 1.29 is 10.2 Å². The molecule has 0 spiro atoms. The van der Waals surface area contributed by atoms with E-state index >= 15 is 0 Å². The minimum absolute atomic E-state index is 0. The first-order valence-electron chi connectivity index (χ1n) is 8.20. The fourth-order valence-electron chi connectivity index (χ4n) is 4.17. The number of benzene rings is 2. The molecular formula is C19H21BrClNO2. The van der Waals surface area contributed by atoms with Crippen molar-refractivity contribution in [2.45, 2.75) is 32.2 Å². The van der Waals surface area contributed by atoms with Crippen LogP contribution in [0.4, 0.5) is 0 Å². The monoisotopic (exact) mass is 409 g/mol. The minimum Gasteiger partial charge on any atom is -0.504 e. The van der Waals surface area contributed by atoms with Gasteiger partial charge in [-0.3, -0.25) is 4.90 Å². The molecule has 128 valence electrons. The highest BCUT2D eigenvalue weighted by Crippen LogP contribution is 2.51. The van der Waals surface area contributed by atoms with Gasteiger partial charge in [0.2, 0.25) is 0 Å². The van der Waals surface area contributed by atoms with E-state index in [1.807, 2.05) is 6.07 Å². The Morgan fingerprint density at radius 1 is 1.21 bits per heavy atom. The van der Waals surface area contributed by atoms with Crippen molar-refractivity contribution in [2.75, 3.05) is 13.1 Å². The Morgan fingerprint density at radius 2 is 2.00 bits per heavy atom. The third-order valence-electron chi connectivity index (χ3n) is 5.11. The number of phenols is 2. The summed E-state index contributed by atoms with van der Waals surface area (Å²) in [5, 5.41) is 20.4. The number of phenolic OH excluding ortho intramolecular Hbond substituents is 2. The van der Waals surface area contributed by atoms with Gasteiger partial charge in [0.1, 0.15) is 0 Å². The van der Waals surface area contributed by atoms with Gasteiger partial charge < -0.3 is 10.2 Å². The zero-order chi connectivity index (χ0) is 16.1. The molecular weight excluding hydrogens is 390 g/mol. The number of halogens is 2. The molecule has 0 bridgehead atoms. The van der Waals surface area contributed by atoms with Crippen LogP contribution in [-0.2, 0) is 12.8 Å². The van der Waals surface area contributed by atoms with Crippen molar-refractivity contribution in [1.82, 2.24) is 4.90 Å². The van der Waals surface area contributed by atoms with Gasteiger partial charge in [-0.25, -0.2) is 0 Å². The molecule has 0 saturated carbocycles. The van der Waals surface area contributed by atoms with E-state index in [2.05, 4.69) is 39.9 Å². The van der Waals surface area contributed by atoms with Gasteiger partial charge in [0, 0.05) is 22.6 Å². The van der Waals surface area contributed by atoms with Crippen LogP contribution in [0.2, 0.25) is 0 Å². The van der Waals surface area contributed by atoms with Crippen molar-refractivity contribution in [3.63, 3.8) is 0 Å². The third-order valence-corrected chi connectivity index (χ3v) is 5.57. The van der Waals surface area contributed by atoms with E-state index < -0.39 is 0 Å². The van der Waals surface area contributed by atoms with Gasteiger partial charge in [0.25, 0.3) is 0 Å². The molecule has 0 saturated heterocycles. The summed E-state index contributed by atoms with van der Waals surface area (Å²) in [6, 6.07) is 8.22. The predicted octanol–water partition coefficient (Wildman–Crippen LogP) is 4.81. The van der Waals surface area contributed by atoms with Crippen molar-refractivity contribution in [3.05, 3.63) is 45.4 Å². The summed E-state index contributed by atoms with van der Waals surface area (Å²) in [7, 11) is 0. The maximum absolute atomic E-state index is 10.4. The molecule has 4 rings (SSSR count). The molecule has 5 heteroatoms. The molecule has 2 aromatic carbocycles. The van der Waals surface area contributed by atoms with Crippen molar-refractivity contribution in [3.8, 4) is 22.6 Å². The van der Waals surface area contributed by atoms with Gasteiger partial charge in [0.15, 0.2) is 11.5 Å². The Hall–Kier alpha value is -1.23. The molecule has 0 unspecified atom stereocenters. The smallest absolute Gasteiger partial charge is 0.165 e. The largest absolute Gasteiger partial charge is 0.504 e. The van der Waals surface area contributed by atoms with Crippen LogP contribution in [0.15, 0.2) is 28.7 Å². The molecule has 1 atom stereocenters. The van der Waals surface area contributed by atoms with Crippen molar-refractivity contribution in [1.29, 1.82) is 0 Å². The van der Waals surface area contributed by atoms with Crippen LogP contribution in [0, 0.1) is 0 Å². The fraction of sp³-hybridized carbons (Fsp3) is 0.368. The summed E-state index contributed by atoms with van der Waals surface area (Å²) in [6.45, 7) is 4.40. The van der Waals surface area contributed by atoms with Gasteiger partial charge in [-0.05, 0) is 66.3 Å². The molecule has 0 amide bonds. The molecule has 24 heavy (non-hydrogen) atoms. The number of hydrogen-bond acceptors (Lipinski definition) is 3. The molecule has 1 heterocycles. The molecule has 0 aromatic heterocycles. The van der Waals surface area contributed by atoms with E-state index in [1.165, 1.54) is 11.1 Å². The van der Waals surface area contributed by atoms with Crippen LogP contribution in [0.1, 0.15) is 36.1 Å². The molecule has 3 nitrogen and oxygen atoms in total. The quantitative estimate of drug-likeness (QED) is 0.698. The lowest BCUT2D eigenvalue weighted by Gasteiger charge is -2.42. The first-order chi connectivity index (χ1) is 11.1. The van der Waals surface area contributed by atoms with Crippen LogP contribution in [-0.4, -0.2) is 28.2 Å². The first-order valence-corrected chi connectivity index (χ1v) is 9.00. The minimum atomic E-state index is -0.0443. The highest BCUT2D eigenvalue weighted by molar-refractivity contribution is 9.10. The molecule has 2 aliphatic rings. The number of hydrogen-bond donors (Lipinski definition) is 2. The molecule has 0 fully saturated rings. The molecule has 1 aliphatic heterocycles. The van der Waals surface area contributed by atoms with E-state index in [0.29, 0.717) is 6.04 Å². The zero-order valence-corrected chi connectivity index (χ0v) is 16.0. The first kappa shape index (κ1) is 17.6. The van der Waals surface area contributed by atoms with Gasteiger partial charge in [0.05, 0.1) is 0 Å². The van der Waals surface area contributed by atoms with Gasteiger partial charge in [-0.15, -0.1) is 12.4 Å². The summed E-state index contributed by atoms with van der Waals surface area (Å²) in [5.41, 5.74) is 5.68. The Bertz CT molecular complexity index is 793. The average molecular weight is 411 g/mol. The second kappa shape index (κ2) is 6.58. The van der Waals surface area contributed by atoms with Crippen molar-refractivity contribution in [2.24, 2.45) is 0 Å². The molecule has 2 aromatic rings. The standard InChI is InChI=1S/C19H20BrNO2.ClH/c1-2-6-21-7-5-12-8-13(20)10-14-17(12)15(21)9-11-3-4-16(22)19(23)18(11)14;/h3-4,8,10,15,22-23H,2,5-7,9H2,1H3;1H/t15-;/m1./s1. The van der Waals surface area contributed by atoms with Crippen LogP contribution in [0.3, 0.4) is 0 Å². The average Bonchev–Trinajstić information content (AvgIpc) is 2.53. The normalized spacial score (nSPS) is 18.5. The van der Waals surface area contributed by atoms with E-state index in [4.69, 9.17) is 0 Å². The topological polar surface area (TPSA) is 43.7 Å². The van der Waals surface area contributed by atoms with Gasteiger partial charge in [-0.1, -0.05) is 28.9 Å². The molecule has 2 N–H and O–H groups in total. The van der Waals surface area contributed by atoms with Crippen LogP contribution < -0.4 is 0 Å². The summed E-state index contributed by atoms with van der Waals surface area (Å²) < 4.78 is 1.03. The Kier molecular flexibility index (Phi) is 4.82.